The third kappa shape index (κ3) is 6.65. The first-order valence-corrected chi connectivity index (χ1v) is 13.1. The maximum absolute atomic E-state index is 12.9. The van der Waals surface area contributed by atoms with Crippen molar-refractivity contribution in [3.63, 3.8) is 0 Å². The first-order valence-electron chi connectivity index (χ1n) is 12.2. The lowest BCUT2D eigenvalue weighted by molar-refractivity contribution is 0.102. The monoisotopic (exact) mass is 534 g/mol. The first-order chi connectivity index (χ1) is 18.9. The molecule has 0 atom stereocenters. The quantitative estimate of drug-likeness (QED) is 0.173. The molecule has 9 heteroatoms. The Kier molecular flexibility index (Phi) is 7.60. The number of nitrogens with zero attached hydrogens (tertiary/aromatic N) is 2. The summed E-state index contributed by atoms with van der Waals surface area (Å²) >= 11 is 1.50. The molecule has 3 amide bonds. The number of amides is 3. The summed E-state index contributed by atoms with van der Waals surface area (Å²) in [4.78, 5) is 34.0. The van der Waals surface area contributed by atoms with E-state index in [9.17, 15) is 9.59 Å². The fourth-order valence-corrected chi connectivity index (χ4v) is 4.50. The smallest absolute Gasteiger partial charge is 0.323 e. The zero-order chi connectivity index (χ0) is 27.2. The number of nitrogens with one attached hydrogen (secondary N) is 4. The molecule has 0 fully saturated rings. The number of hydrogen-bond acceptors (Lipinski definition) is 6. The van der Waals surface area contributed by atoms with Crippen molar-refractivity contribution in [2.24, 2.45) is 0 Å². The van der Waals surface area contributed by atoms with Gasteiger partial charge in [0.25, 0.3) is 5.91 Å². The maximum atomic E-state index is 12.9. The van der Waals surface area contributed by atoms with Gasteiger partial charge in [0.2, 0.25) is 0 Å². The third-order valence-corrected chi connectivity index (χ3v) is 6.67. The number of aryl methyl sites for hydroxylation is 2. The van der Waals surface area contributed by atoms with Gasteiger partial charge in [-0.25, -0.2) is 9.78 Å². The molecule has 2 heterocycles. The zero-order valence-corrected chi connectivity index (χ0v) is 22.2. The largest absolute Gasteiger partial charge is 0.331 e. The molecule has 194 valence electrons. The predicted molar refractivity (Wildman–Crippen MR) is 158 cm³/mol. The number of rotatable bonds is 7. The Balaban J connectivity index is 1.20. The minimum absolute atomic E-state index is 0.256. The molecule has 4 N–H and O–H groups in total. The van der Waals surface area contributed by atoms with Gasteiger partial charge in [0, 0.05) is 51.7 Å². The SMILES string of the molecule is Cc1ccc(NC(=O)Nc2ccc(C(=O)Nc3ccc(C)c(Nc4nc(-c5cccnc5)cs4)c3)cc2)cc1. The summed E-state index contributed by atoms with van der Waals surface area (Å²) in [6.45, 7) is 3.98. The Morgan fingerprint density at radius 3 is 2.18 bits per heavy atom. The molecule has 0 radical (unpaired) electrons. The van der Waals surface area contributed by atoms with Crippen molar-refractivity contribution in [3.05, 3.63) is 113 Å². The average Bonchev–Trinajstić information content (AvgIpc) is 3.41. The van der Waals surface area contributed by atoms with Gasteiger partial charge in [-0.1, -0.05) is 23.8 Å². The molecule has 0 saturated carbocycles. The molecule has 0 aliphatic rings. The van der Waals surface area contributed by atoms with Crippen molar-refractivity contribution in [3.8, 4) is 11.3 Å². The van der Waals surface area contributed by atoms with Crippen molar-refractivity contribution < 1.29 is 9.59 Å². The van der Waals surface area contributed by atoms with Gasteiger partial charge < -0.3 is 21.3 Å². The second kappa shape index (κ2) is 11.6. The van der Waals surface area contributed by atoms with Crippen molar-refractivity contribution >= 4 is 51.2 Å². The van der Waals surface area contributed by atoms with E-state index in [0.29, 0.717) is 22.6 Å². The molecule has 0 aliphatic carbocycles. The van der Waals surface area contributed by atoms with Crippen molar-refractivity contribution in [2.75, 3.05) is 21.3 Å². The highest BCUT2D eigenvalue weighted by atomic mass is 32.1. The average molecular weight is 535 g/mol. The predicted octanol–water partition coefficient (Wildman–Crippen LogP) is 7.46. The summed E-state index contributed by atoms with van der Waals surface area (Å²) in [6, 6.07) is 23.4. The van der Waals surface area contributed by atoms with Crippen LogP contribution in [0.2, 0.25) is 0 Å². The highest BCUT2D eigenvalue weighted by Gasteiger charge is 2.11. The van der Waals surface area contributed by atoms with Crippen LogP contribution in [0.5, 0.6) is 0 Å². The summed E-state index contributed by atoms with van der Waals surface area (Å²) in [7, 11) is 0. The van der Waals surface area contributed by atoms with Gasteiger partial charge in [-0.2, -0.15) is 0 Å². The normalized spacial score (nSPS) is 10.5. The van der Waals surface area contributed by atoms with Crippen LogP contribution in [0.3, 0.4) is 0 Å². The molecule has 0 bridgehead atoms. The number of aromatic nitrogens is 2. The van der Waals surface area contributed by atoms with Gasteiger partial charge in [-0.05, 0) is 80.1 Å². The van der Waals surface area contributed by atoms with Gasteiger partial charge in [-0.15, -0.1) is 11.3 Å². The van der Waals surface area contributed by atoms with Gasteiger partial charge >= 0.3 is 6.03 Å². The van der Waals surface area contributed by atoms with E-state index in [2.05, 4.69) is 31.2 Å². The summed E-state index contributed by atoms with van der Waals surface area (Å²) in [5.41, 5.74) is 7.17. The molecule has 0 unspecified atom stereocenters. The number of hydrogen-bond donors (Lipinski definition) is 4. The van der Waals surface area contributed by atoms with Crippen molar-refractivity contribution in [1.29, 1.82) is 0 Å². The number of carbonyl (C=O) groups is 2. The molecular weight excluding hydrogens is 508 g/mol. The van der Waals surface area contributed by atoms with Crippen LogP contribution in [0.1, 0.15) is 21.5 Å². The van der Waals surface area contributed by atoms with E-state index in [-0.39, 0.29) is 11.9 Å². The minimum Gasteiger partial charge on any atom is -0.331 e. The fourth-order valence-electron chi connectivity index (χ4n) is 3.77. The number of urea groups is 1. The number of carbonyl (C=O) groups excluding carboxylic acids is 2. The summed E-state index contributed by atoms with van der Waals surface area (Å²) in [6.07, 6.45) is 3.51. The first kappa shape index (κ1) is 25.6. The van der Waals surface area contributed by atoms with Crippen LogP contribution in [-0.4, -0.2) is 21.9 Å². The summed E-state index contributed by atoms with van der Waals surface area (Å²) in [5.74, 6) is -0.256. The van der Waals surface area contributed by atoms with Crippen LogP contribution in [0.4, 0.5) is 32.7 Å². The van der Waals surface area contributed by atoms with Crippen LogP contribution in [0.15, 0.2) is 96.6 Å². The van der Waals surface area contributed by atoms with E-state index in [1.165, 1.54) is 11.3 Å². The van der Waals surface area contributed by atoms with Crippen LogP contribution in [0.25, 0.3) is 11.3 Å². The van der Waals surface area contributed by atoms with E-state index in [1.54, 1.807) is 36.7 Å². The molecule has 0 aliphatic heterocycles. The summed E-state index contributed by atoms with van der Waals surface area (Å²) in [5, 5.41) is 14.6. The molecule has 39 heavy (non-hydrogen) atoms. The van der Waals surface area contributed by atoms with Crippen molar-refractivity contribution in [1.82, 2.24) is 9.97 Å². The van der Waals surface area contributed by atoms with Gasteiger partial charge in [0.1, 0.15) is 0 Å². The molecule has 8 nitrogen and oxygen atoms in total. The second-order valence-corrected chi connectivity index (χ2v) is 9.77. The number of benzene rings is 3. The van der Waals surface area contributed by atoms with Crippen molar-refractivity contribution in [2.45, 2.75) is 13.8 Å². The summed E-state index contributed by atoms with van der Waals surface area (Å²) < 4.78 is 0. The van der Waals surface area contributed by atoms with Crippen LogP contribution in [0, 0.1) is 13.8 Å². The Morgan fingerprint density at radius 1 is 0.795 bits per heavy atom. The fraction of sp³-hybridized carbons (Fsp3) is 0.0667. The molecular formula is C30H26N6O2S. The maximum Gasteiger partial charge on any atom is 0.323 e. The van der Waals surface area contributed by atoms with E-state index in [1.807, 2.05) is 73.8 Å². The van der Waals surface area contributed by atoms with E-state index >= 15 is 0 Å². The Bertz CT molecular complexity index is 1600. The lowest BCUT2D eigenvalue weighted by Gasteiger charge is -2.11. The molecule has 3 aromatic carbocycles. The lowest BCUT2D eigenvalue weighted by Crippen LogP contribution is -2.19. The number of thiazole rings is 1. The minimum atomic E-state index is -0.358. The Morgan fingerprint density at radius 2 is 1.49 bits per heavy atom. The Hall–Kier alpha value is -5.02. The molecule has 2 aromatic heterocycles. The van der Waals surface area contributed by atoms with E-state index in [0.717, 1.165) is 33.2 Å². The van der Waals surface area contributed by atoms with Gasteiger partial charge in [0.15, 0.2) is 5.13 Å². The van der Waals surface area contributed by atoms with Crippen LogP contribution < -0.4 is 21.3 Å². The number of anilines is 5. The zero-order valence-electron chi connectivity index (χ0n) is 21.4. The van der Waals surface area contributed by atoms with Crippen LogP contribution >= 0.6 is 11.3 Å². The standard InChI is InChI=1S/C30H26N6O2S/c1-19-5-10-23(11-6-19)33-29(38)34-24-13-8-21(9-14-24)28(37)32-25-12-7-20(2)26(16-25)35-30-36-27(18-39-30)22-4-3-15-31-17-22/h3-18H,1-2H3,(H,32,37)(H,35,36)(H2,33,34,38). The second-order valence-electron chi connectivity index (χ2n) is 8.91. The van der Waals surface area contributed by atoms with Gasteiger partial charge in [-0.3, -0.25) is 9.78 Å². The highest BCUT2D eigenvalue weighted by molar-refractivity contribution is 7.14. The molecule has 5 rings (SSSR count). The Labute approximate surface area is 230 Å². The molecule has 5 aromatic rings. The van der Waals surface area contributed by atoms with E-state index < -0.39 is 0 Å². The van der Waals surface area contributed by atoms with E-state index in [4.69, 9.17) is 0 Å². The van der Waals surface area contributed by atoms with Gasteiger partial charge in [0.05, 0.1) is 5.69 Å². The third-order valence-electron chi connectivity index (χ3n) is 5.91. The van der Waals surface area contributed by atoms with Crippen LogP contribution in [-0.2, 0) is 0 Å². The number of pyridine rings is 1. The highest BCUT2D eigenvalue weighted by Crippen LogP contribution is 2.29. The lowest BCUT2D eigenvalue weighted by atomic mass is 10.1. The topological polar surface area (TPSA) is 108 Å². The molecule has 0 spiro atoms. The molecule has 0 saturated heterocycles.